The number of amides is 4. The van der Waals surface area contributed by atoms with Crippen molar-refractivity contribution < 1.29 is 23.9 Å². The number of methoxy groups -OCH3 is 1. The molecular weight excluding hydrogens is 560 g/mol. The van der Waals surface area contributed by atoms with E-state index in [0.29, 0.717) is 30.8 Å². The Morgan fingerprint density at radius 1 is 0.977 bits per heavy atom. The lowest BCUT2D eigenvalue weighted by molar-refractivity contribution is -0.114. The number of nitrogens with two attached hydrogens (primary N) is 1. The monoisotopic (exact) mass is 594 g/mol. The number of hydrogen-bond donors (Lipinski definition) is 3. The Morgan fingerprint density at radius 3 is 2.30 bits per heavy atom. The van der Waals surface area contributed by atoms with E-state index in [1.165, 1.54) is 7.11 Å². The summed E-state index contributed by atoms with van der Waals surface area (Å²) in [5.74, 6) is -0.926. The third-order valence-electron chi connectivity index (χ3n) is 7.30. The number of ether oxygens (including phenoxy) is 1. The molecular formula is C33H34N6O5. The summed E-state index contributed by atoms with van der Waals surface area (Å²) in [6.45, 7) is 6.46. The van der Waals surface area contributed by atoms with E-state index in [1.54, 1.807) is 47.6 Å². The van der Waals surface area contributed by atoms with Gasteiger partial charge < -0.3 is 26.0 Å². The molecule has 1 aliphatic heterocycles. The Morgan fingerprint density at radius 2 is 1.66 bits per heavy atom. The highest BCUT2D eigenvalue weighted by atomic mass is 16.5. The van der Waals surface area contributed by atoms with Crippen LogP contribution in [0.5, 0.6) is 0 Å². The Bertz CT molecular complexity index is 1800. The van der Waals surface area contributed by atoms with Gasteiger partial charge in [0.15, 0.2) is 5.69 Å². The minimum Gasteiger partial charge on any atom is -0.464 e. The molecule has 0 saturated carbocycles. The number of esters is 1. The van der Waals surface area contributed by atoms with Crippen LogP contribution in [-0.4, -0.2) is 47.1 Å². The SMILES string of the molecule is COC(=O)c1c(NC(=O)Nc2ccc(C3=CC(=O)N(c4ccncc4)CC3)c3ccccc23)cc(CC(C)(C)C)n1C(N)=O. The third kappa shape index (κ3) is 6.17. The number of anilines is 3. The van der Waals surface area contributed by atoms with E-state index in [1.807, 2.05) is 51.1 Å². The first-order valence-electron chi connectivity index (χ1n) is 14.1. The van der Waals surface area contributed by atoms with Crippen molar-refractivity contribution in [3.63, 3.8) is 0 Å². The predicted octanol–water partition coefficient (Wildman–Crippen LogP) is 5.80. The summed E-state index contributed by atoms with van der Waals surface area (Å²) in [7, 11) is 1.19. The van der Waals surface area contributed by atoms with Crippen molar-refractivity contribution in [2.24, 2.45) is 11.1 Å². The molecule has 0 spiro atoms. The van der Waals surface area contributed by atoms with Crippen molar-refractivity contribution in [2.45, 2.75) is 33.6 Å². The van der Waals surface area contributed by atoms with Crippen molar-refractivity contribution in [2.75, 3.05) is 29.2 Å². The number of benzene rings is 2. The van der Waals surface area contributed by atoms with Crippen LogP contribution in [-0.2, 0) is 16.0 Å². The molecule has 0 radical (unpaired) electrons. The molecule has 226 valence electrons. The molecule has 0 saturated heterocycles. The van der Waals surface area contributed by atoms with E-state index in [9.17, 15) is 19.2 Å². The average molecular weight is 595 g/mol. The lowest BCUT2D eigenvalue weighted by Gasteiger charge is -2.27. The van der Waals surface area contributed by atoms with E-state index in [0.717, 1.165) is 32.2 Å². The lowest BCUT2D eigenvalue weighted by Crippen LogP contribution is -2.33. The molecule has 5 rings (SSSR count). The quantitative estimate of drug-likeness (QED) is 0.240. The highest BCUT2D eigenvalue weighted by Crippen LogP contribution is 2.35. The Balaban J connectivity index is 1.44. The highest BCUT2D eigenvalue weighted by molar-refractivity contribution is 6.13. The molecule has 0 bridgehead atoms. The standard InChI is InChI=1S/C33H34N6O5/c1-33(2,3)19-22-18-27(29(30(41)44-4)39(22)31(34)42)37-32(43)36-26-10-9-23(24-7-5-6-8-25(24)26)20-13-16-38(28(40)17-20)21-11-14-35-15-12-21/h5-12,14-15,17-18H,13,16,19H2,1-4H3,(H2,34,42)(H2,36,37,43). The second-order valence-corrected chi connectivity index (χ2v) is 11.7. The van der Waals surface area contributed by atoms with Crippen LogP contribution < -0.4 is 21.3 Å². The van der Waals surface area contributed by atoms with Gasteiger partial charge in [0.05, 0.1) is 18.5 Å². The summed E-state index contributed by atoms with van der Waals surface area (Å²) in [6, 6.07) is 14.9. The van der Waals surface area contributed by atoms with Crippen LogP contribution in [0.25, 0.3) is 16.3 Å². The number of urea groups is 1. The molecule has 0 unspecified atom stereocenters. The maximum absolute atomic E-state index is 13.3. The van der Waals surface area contributed by atoms with Crippen LogP contribution in [0, 0.1) is 5.41 Å². The maximum Gasteiger partial charge on any atom is 0.357 e. The Labute approximate surface area is 254 Å². The summed E-state index contributed by atoms with van der Waals surface area (Å²) >= 11 is 0. The molecule has 2 aromatic carbocycles. The van der Waals surface area contributed by atoms with Crippen LogP contribution in [0.1, 0.15) is 48.9 Å². The Kier molecular flexibility index (Phi) is 8.21. The molecule has 0 aliphatic carbocycles. The fraction of sp³-hybridized carbons (Fsp3) is 0.242. The van der Waals surface area contributed by atoms with Gasteiger partial charge in [0.2, 0.25) is 0 Å². The predicted molar refractivity (Wildman–Crippen MR) is 170 cm³/mol. The number of carbonyl (C=O) groups excluding carboxylic acids is 4. The number of fused-ring (bicyclic) bond motifs is 1. The summed E-state index contributed by atoms with van der Waals surface area (Å²) in [5.41, 5.74) is 8.90. The number of aromatic nitrogens is 2. The minimum absolute atomic E-state index is 0.0953. The van der Waals surface area contributed by atoms with Gasteiger partial charge in [-0.2, -0.15) is 0 Å². The van der Waals surface area contributed by atoms with E-state index >= 15 is 0 Å². The molecule has 11 heteroatoms. The minimum atomic E-state index is -0.862. The van der Waals surface area contributed by atoms with Crippen LogP contribution in [0.3, 0.4) is 0 Å². The van der Waals surface area contributed by atoms with Gasteiger partial charge in [-0.15, -0.1) is 0 Å². The zero-order chi connectivity index (χ0) is 31.6. The first-order chi connectivity index (χ1) is 21.0. The molecule has 44 heavy (non-hydrogen) atoms. The summed E-state index contributed by atoms with van der Waals surface area (Å²) in [4.78, 5) is 57.2. The average Bonchev–Trinajstić information content (AvgIpc) is 3.33. The van der Waals surface area contributed by atoms with Gasteiger partial charge in [-0.3, -0.25) is 14.3 Å². The second-order valence-electron chi connectivity index (χ2n) is 11.7. The molecule has 1 aliphatic rings. The van der Waals surface area contributed by atoms with Gasteiger partial charge in [0.1, 0.15) is 0 Å². The molecule has 4 aromatic rings. The number of primary amides is 1. The number of carbonyl (C=O) groups is 4. The van der Waals surface area contributed by atoms with Crippen molar-refractivity contribution >= 4 is 57.3 Å². The molecule has 2 aromatic heterocycles. The smallest absolute Gasteiger partial charge is 0.357 e. The fourth-order valence-electron chi connectivity index (χ4n) is 5.48. The molecule has 0 fully saturated rings. The second kappa shape index (κ2) is 12.0. The molecule has 11 nitrogen and oxygen atoms in total. The number of nitrogens with zero attached hydrogens (tertiary/aromatic N) is 3. The summed E-state index contributed by atoms with van der Waals surface area (Å²) in [5, 5.41) is 7.19. The van der Waals surface area contributed by atoms with Crippen LogP contribution >= 0.6 is 0 Å². The molecule has 4 N–H and O–H groups in total. The van der Waals surface area contributed by atoms with Gasteiger partial charge in [-0.1, -0.05) is 51.1 Å². The first-order valence-corrected chi connectivity index (χ1v) is 14.1. The van der Waals surface area contributed by atoms with E-state index in [2.05, 4.69) is 15.6 Å². The van der Waals surface area contributed by atoms with Crippen molar-refractivity contribution in [3.05, 3.63) is 90.0 Å². The number of rotatable bonds is 6. The van der Waals surface area contributed by atoms with Gasteiger partial charge in [0.25, 0.3) is 5.91 Å². The summed E-state index contributed by atoms with van der Waals surface area (Å²) < 4.78 is 5.98. The van der Waals surface area contributed by atoms with Gasteiger partial charge in [0, 0.05) is 41.8 Å². The molecule has 0 atom stereocenters. The number of nitrogens with one attached hydrogen (secondary N) is 2. The van der Waals surface area contributed by atoms with Crippen molar-refractivity contribution in [1.29, 1.82) is 0 Å². The highest BCUT2D eigenvalue weighted by Gasteiger charge is 2.28. The molecule has 3 heterocycles. The largest absolute Gasteiger partial charge is 0.464 e. The zero-order valence-corrected chi connectivity index (χ0v) is 25.0. The van der Waals surface area contributed by atoms with Gasteiger partial charge >= 0.3 is 18.0 Å². The normalized spacial score (nSPS) is 13.4. The Hall–Kier alpha value is -5.45. The van der Waals surface area contributed by atoms with Gasteiger partial charge in [-0.05, 0) is 59.0 Å². The topological polar surface area (TPSA) is 149 Å². The maximum atomic E-state index is 13.3. The van der Waals surface area contributed by atoms with Crippen molar-refractivity contribution in [3.8, 4) is 0 Å². The first kappa shape index (κ1) is 30.0. The van der Waals surface area contributed by atoms with Crippen LogP contribution in [0.2, 0.25) is 0 Å². The van der Waals surface area contributed by atoms with Crippen molar-refractivity contribution in [1.82, 2.24) is 9.55 Å². The van der Waals surface area contributed by atoms with E-state index in [-0.39, 0.29) is 22.7 Å². The number of hydrogen-bond acceptors (Lipinski definition) is 6. The fourth-order valence-corrected chi connectivity index (χ4v) is 5.48. The molecule has 4 amide bonds. The lowest BCUT2D eigenvalue weighted by atomic mass is 9.90. The van der Waals surface area contributed by atoms with Crippen LogP contribution in [0.15, 0.2) is 73.1 Å². The third-order valence-corrected chi connectivity index (χ3v) is 7.30. The van der Waals surface area contributed by atoms with Gasteiger partial charge in [-0.25, -0.2) is 14.4 Å². The zero-order valence-electron chi connectivity index (χ0n) is 25.0. The summed E-state index contributed by atoms with van der Waals surface area (Å²) in [6.07, 6.45) is 6.03. The number of pyridine rings is 1. The van der Waals surface area contributed by atoms with E-state index < -0.39 is 18.0 Å². The van der Waals surface area contributed by atoms with Crippen LogP contribution in [0.4, 0.5) is 26.7 Å². The van der Waals surface area contributed by atoms with E-state index in [4.69, 9.17) is 10.5 Å².